The second-order valence-corrected chi connectivity index (χ2v) is 15.0. The molecule has 0 N–H and O–H groups in total. The lowest BCUT2D eigenvalue weighted by molar-refractivity contribution is 1.13. The lowest BCUT2D eigenvalue weighted by atomic mass is 9.98. The molecule has 0 saturated carbocycles. The molecule has 0 fully saturated rings. The third-order valence-corrected chi connectivity index (χ3v) is 11.8. The van der Waals surface area contributed by atoms with Crippen molar-refractivity contribution in [3.63, 3.8) is 0 Å². The summed E-state index contributed by atoms with van der Waals surface area (Å²) in [6.07, 6.45) is 0. The van der Waals surface area contributed by atoms with Gasteiger partial charge in [-0.15, -0.1) is 0 Å². The first-order chi connectivity index (χ1) is 28.3. The van der Waals surface area contributed by atoms with Gasteiger partial charge in [0.1, 0.15) is 0 Å². The van der Waals surface area contributed by atoms with Crippen LogP contribution < -0.4 is 0 Å². The molecule has 0 aliphatic heterocycles. The number of aromatic nitrogens is 3. The zero-order valence-electron chi connectivity index (χ0n) is 31.0. The van der Waals surface area contributed by atoms with E-state index in [0.29, 0.717) is 0 Å². The van der Waals surface area contributed by atoms with E-state index in [2.05, 4.69) is 226 Å². The first kappa shape index (κ1) is 31.7. The highest BCUT2D eigenvalue weighted by atomic mass is 15.1. The highest BCUT2D eigenvalue weighted by Gasteiger charge is 2.21. The van der Waals surface area contributed by atoms with E-state index < -0.39 is 0 Å². The van der Waals surface area contributed by atoms with Gasteiger partial charge in [0, 0.05) is 43.7 Å². The Bertz CT molecular complexity index is 3400. The van der Waals surface area contributed by atoms with Crippen LogP contribution in [0.2, 0.25) is 0 Å². The molecule has 0 bridgehead atoms. The molecule has 12 aromatic rings. The predicted molar refractivity (Wildman–Crippen MR) is 240 cm³/mol. The van der Waals surface area contributed by atoms with Crippen LogP contribution in [0.5, 0.6) is 0 Å². The monoisotopic (exact) mass is 725 g/mol. The van der Waals surface area contributed by atoms with Crippen LogP contribution in [0, 0.1) is 0 Å². The molecule has 0 aliphatic rings. The molecule has 12 rings (SSSR count). The minimum absolute atomic E-state index is 1.12. The Hall–Kier alpha value is -7.62. The van der Waals surface area contributed by atoms with Crippen molar-refractivity contribution in [3.8, 4) is 39.3 Å². The van der Waals surface area contributed by atoms with Gasteiger partial charge in [-0.05, 0) is 82.9 Å². The van der Waals surface area contributed by atoms with E-state index >= 15 is 0 Å². The molecule has 266 valence electrons. The van der Waals surface area contributed by atoms with Crippen molar-refractivity contribution in [3.05, 3.63) is 212 Å². The van der Waals surface area contributed by atoms with Crippen molar-refractivity contribution in [1.29, 1.82) is 0 Å². The van der Waals surface area contributed by atoms with E-state index in [1.54, 1.807) is 0 Å². The van der Waals surface area contributed by atoms with Gasteiger partial charge in [0.25, 0.3) is 0 Å². The van der Waals surface area contributed by atoms with Crippen LogP contribution in [0.25, 0.3) is 105 Å². The zero-order valence-corrected chi connectivity index (χ0v) is 31.0. The van der Waals surface area contributed by atoms with E-state index in [9.17, 15) is 0 Å². The summed E-state index contributed by atoms with van der Waals surface area (Å²) >= 11 is 0. The second kappa shape index (κ2) is 12.5. The fourth-order valence-corrected chi connectivity index (χ4v) is 9.34. The summed E-state index contributed by atoms with van der Waals surface area (Å²) < 4.78 is 7.41. The van der Waals surface area contributed by atoms with Crippen LogP contribution in [-0.2, 0) is 0 Å². The molecule has 0 aliphatic carbocycles. The minimum Gasteiger partial charge on any atom is -0.309 e. The number of rotatable bonds is 5. The van der Waals surface area contributed by atoms with Crippen LogP contribution in [0.1, 0.15) is 0 Å². The second-order valence-electron chi connectivity index (χ2n) is 15.0. The minimum atomic E-state index is 1.12. The lowest BCUT2D eigenvalue weighted by Gasteiger charge is -2.16. The predicted octanol–water partition coefficient (Wildman–Crippen LogP) is 14.3. The number of hydrogen-bond donors (Lipinski definition) is 0. The van der Waals surface area contributed by atoms with E-state index in [4.69, 9.17) is 0 Å². The molecule has 0 amide bonds. The van der Waals surface area contributed by atoms with Gasteiger partial charge in [-0.1, -0.05) is 152 Å². The van der Waals surface area contributed by atoms with Crippen molar-refractivity contribution in [2.75, 3.05) is 0 Å². The average Bonchev–Trinajstić information content (AvgIpc) is 3.92. The molecule has 0 radical (unpaired) electrons. The normalized spacial score (nSPS) is 11.9. The molecule has 57 heavy (non-hydrogen) atoms. The highest BCUT2D eigenvalue weighted by molar-refractivity contribution is 6.16. The van der Waals surface area contributed by atoms with Gasteiger partial charge in [0.15, 0.2) is 0 Å². The van der Waals surface area contributed by atoms with E-state index in [1.807, 2.05) is 0 Å². The average molecular weight is 726 g/mol. The molecule has 3 heteroatoms. The Morgan fingerprint density at radius 2 is 0.667 bits per heavy atom. The van der Waals surface area contributed by atoms with Crippen LogP contribution in [0.4, 0.5) is 0 Å². The molecule has 3 nitrogen and oxygen atoms in total. The molecule has 0 atom stereocenters. The summed E-state index contributed by atoms with van der Waals surface area (Å²) in [4.78, 5) is 0. The molecule has 9 aromatic carbocycles. The Labute approximate surface area is 329 Å². The fourth-order valence-electron chi connectivity index (χ4n) is 9.34. The molecule has 3 aromatic heterocycles. The van der Waals surface area contributed by atoms with Gasteiger partial charge in [0.05, 0.1) is 38.8 Å². The quantitative estimate of drug-likeness (QED) is 0.168. The van der Waals surface area contributed by atoms with Gasteiger partial charge < -0.3 is 13.7 Å². The van der Waals surface area contributed by atoms with Crippen LogP contribution in [0.15, 0.2) is 212 Å². The summed E-state index contributed by atoms with van der Waals surface area (Å²) in [6.45, 7) is 0. The molecule has 0 unspecified atom stereocenters. The summed E-state index contributed by atoms with van der Waals surface area (Å²) in [7, 11) is 0. The number of hydrogen-bond acceptors (Lipinski definition) is 0. The van der Waals surface area contributed by atoms with Crippen molar-refractivity contribution in [2.45, 2.75) is 0 Å². The molecule has 0 saturated heterocycles. The Morgan fingerprint density at radius 1 is 0.228 bits per heavy atom. The number of nitrogens with zero attached hydrogens (tertiary/aromatic N) is 3. The number of benzene rings is 9. The topological polar surface area (TPSA) is 14.8 Å². The Kier molecular flexibility index (Phi) is 6.93. The summed E-state index contributed by atoms with van der Waals surface area (Å²) in [5.41, 5.74) is 15.3. The lowest BCUT2D eigenvalue weighted by Crippen LogP contribution is -2.01. The molecule has 3 heterocycles. The summed E-state index contributed by atoms with van der Waals surface area (Å²) in [5, 5.41) is 7.44. The Balaban J connectivity index is 1.17. The standard InChI is InChI=1S/C54H35N3/c1-3-16-36(17-4-1)38-32-39(37-18-5-2-6-19-37)34-41(33-38)55-48-25-11-7-22-44(48)46-31-30-40(35-53(46)55)56-49-26-12-10-23-45(49)47-24-15-29-52(54(47)56)57-50-27-13-8-20-42(50)43-21-9-14-28-51(43)57/h1-35H. The smallest absolute Gasteiger partial charge is 0.0782 e. The fraction of sp³-hybridized carbons (Fsp3) is 0. The van der Waals surface area contributed by atoms with Crippen molar-refractivity contribution in [2.24, 2.45) is 0 Å². The third-order valence-electron chi connectivity index (χ3n) is 11.8. The van der Waals surface area contributed by atoms with Gasteiger partial charge in [-0.2, -0.15) is 0 Å². The molecule has 0 spiro atoms. The van der Waals surface area contributed by atoms with Crippen molar-refractivity contribution in [1.82, 2.24) is 13.7 Å². The third kappa shape index (κ3) is 4.79. The van der Waals surface area contributed by atoms with Gasteiger partial charge in [-0.3, -0.25) is 0 Å². The van der Waals surface area contributed by atoms with E-state index in [-0.39, 0.29) is 0 Å². The van der Waals surface area contributed by atoms with E-state index in [0.717, 1.165) is 22.6 Å². The van der Waals surface area contributed by atoms with Crippen LogP contribution in [-0.4, -0.2) is 13.7 Å². The highest BCUT2D eigenvalue weighted by Crippen LogP contribution is 2.42. The summed E-state index contributed by atoms with van der Waals surface area (Å²) in [5.74, 6) is 0. The first-order valence-corrected chi connectivity index (χ1v) is 19.6. The summed E-state index contributed by atoms with van der Waals surface area (Å²) in [6, 6.07) is 77.5. The maximum absolute atomic E-state index is 2.49. The van der Waals surface area contributed by atoms with Crippen molar-refractivity contribution < 1.29 is 0 Å². The van der Waals surface area contributed by atoms with Gasteiger partial charge in [-0.25, -0.2) is 0 Å². The molecular weight excluding hydrogens is 691 g/mol. The van der Waals surface area contributed by atoms with E-state index in [1.165, 1.54) is 82.2 Å². The number of para-hydroxylation sites is 5. The van der Waals surface area contributed by atoms with Crippen LogP contribution >= 0.6 is 0 Å². The van der Waals surface area contributed by atoms with Crippen LogP contribution in [0.3, 0.4) is 0 Å². The Morgan fingerprint density at radius 3 is 1.23 bits per heavy atom. The zero-order chi connectivity index (χ0) is 37.5. The first-order valence-electron chi connectivity index (χ1n) is 19.6. The van der Waals surface area contributed by atoms with Gasteiger partial charge in [0.2, 0.25) is 0 Å². The van der Waals surface area contributed by atoms with Crippen molar-refractivity contribution >= 4 is 65.4 Å². The largest absolute Gasteiger partial charge is 0.309 e. The SMILES string of the molecule is c1ccc(-c2cc(-c3ccccc3)cc(-n3c4ccccc4c4ccc(-n5c6ccccc6c6cccc(-n7c8ccccc8c8ccccc87)c65)cc43)c2)cc1. The van der Waals surface area contributed by atoms with Gasteiger partial charge >= 0.3 is 0 Å². The number of fused-ring (bicyclic) bond motifs is 9. The maximum Gasteiger partial charge on any atom is 0.0782 e. The maximum atomic E-state index is 2.49. The molecular formula is C54H35N3.